The highest BCUT2D eigenvalue weighted by atomic mass is 16.7. The zero-order valence-corrected chi connectivity index (χ0v) is 9.04. The van der Waals surface area contributed by atoms with Crippen molar-refractivity contribution < 1.29 is 9.47 Å². The van der Waals surface area contributed by atoms with Gasteiger partial charge in [-0.05, 0) is 19.3 Å². The van der Waals surface area contributed by atoms with Crippen LogP contribution in [0, 0.1) is 11.3 Å². The largest absolute Gasteiger partial charge is 0.353 e. The van der Waals surface area contributed by atoms with Crippen molar-refractivity contribution in [2.24, 2.45) is 17.1 Å². The molecular formula is C10H21NO2. The Morgan fingerprint density at radius 3 is 1.85 bits per heavy atom. The molecule has 2 atom stereocenters. The second-order valence-corrected chi connectivity index (χ2v) is 4.15. The molecule has 1 aliphatic rings. The molecule has 0 aromatic rings. The molecule has 1 saturated carbocycles. The Hall–Kier alpha value is -0.120. The lowest BCUT2D eigenvalue weighted by molar-refractivity contribution is -0.153. The molecule has 13 heavy (non-hydrogen) atoms. The Morgan fingerprint density at radius 2 is 1.62 bits per heavy atom. The molecule has 3 heteroatoms. The van der Waals surface area contributed by atoms with Gasteiger partial charge in [0.2, 0.25) is 0 Å². The third-order valence-electron chi connectivity index (χ3n) is 2.95. The van der Waals surface area contributed by atoms with Crippen LogP contribution < -0.4 is 5.73 Å². The third-order valence-corrected chi connectivity index (χ3v) is 2.95. The monoisotopic (exact) mass is 187 g/mol. The zero-order valence-electron chi connectivity index (χ0n) is 9.04. The van der Waals surface area contributed by atoms with Crippen LogP contribution in [0.15, 0.2) is 0 Å². The van der Waals surface area contributed by atoms with Crippen LogP contribution in [-0.2, 0) is 9.47 Å². The van der Waals surface area contributed by atoms with Gasteiger partial charge in [0, 0.05) is 25.2 Å². The summed E-state index contributed by atoms with van der Waals surface area (Å²) < 4.78 is 11.0. The first-order valence-electron chi connectivity index (χ1n) is 5.04. The van der Waals surface area contributed by atoms with Crippen molar-refractivity contribution in [1.82, 2.24) is 0 Å². The Bertz CT molecular complexity index is 164. The van der Waals surface area contributed by atoms with E-state index in [4.69, 9.17) is 15.2 Å². The molecule has 1 rings (SSSR count). The fourth-order valence-corrected chi connectivity index (χ4v) is 1.82. The van der Waals surface area contributed by atoms with Crippen LogP contribution in [0.4, 0.5) is 0 Å². The average Bonchev–Trinajstić information content (AvgIpc) is 2.52. The van der Waals surface area contributed by atoms with Gasteiger partial charge in [-0.3, -0.25) is 0 Å². The standard InChI is InChI=1S/C10H21NO2/c1-5-12-9(13-6-2)7-8(11)10(7,3)4/h7-9H,5-6,11H2,1-4H3. The topological polar surface area (TPSA) is 44.5 Å². The van der Waals surface area contributed by atoms with Gasteiger partial charge in [0.15, 0.2) is 6.29 Å². The lowest BCUT2D eigenvalue weighted by atomic mass is 10.1. The lowest BCUT2D eigenvalue weighted by Crippen LogP contribution is -2.23. The van der Waals surface area contributed by atoms with Gasteiger partial charge in [-0.2, -0.15) is 0 Å². The highest BCUT2D eigenvalue weighted by Gasteiger charge is 2.60. The van der Waals surface area contributed by atoms with Gasteiger partial charge < -0.3 is 15.2 Å². The summed E-state index contributed by atoms with van der Waals surface area (Å²) in [5.74, 6) is 0.354. The smallest absolute Gasteiger partial charge is 0.162 e. The van der Waals surface area contributed by atoms with E-state index in [1.54, 1.807) is 0 Å². The summed E-state index contributed by atoms with van der Waals surface area (Å²) in [5, 5.41) is 0. The van der Waals surface area contributed by atoms with Gasteiger partial charge in [-0.15, -0.1) is 0 Å². The SMILES string of the molecule is CCOC(OCC)C1C(N)C1(C)C. The van der Waals surface area contributed by atoms with Gasteiger partial charge in [0.1, 0.15) is 0 Å². The van der Waals surface area contributed by atoms with E-state index in [9.17, 15) is 0 Å². The van der Waals surface area contributed by atoms with Crippen LogP contribution >= 0.6 is 0 Å². The maximum absolute atomic E-state index is 5.95. The van der Waals surface area contributed by atoms with Crippen LogP contribution in [0.1, 0.15) is 27.7 Å². The Balaban J connectivity index is 2.47. The van der Waals surface area contributed by atoms with Crippen molar-refractivity contribution in [2.45, 2.75) is 40.0 Å². The van der Waals surface area contributed by atoms with Gasteiger partial charge in [0.05, 0.1) is 0 Å². The van der Waals surface area contributed by atoms with Crippen molar-refractivity contribution in [3.63, 3.8) is 0 Å². The summed E-state index contributed by atoms with van der Waals surface area (Å²) >= 11 is 0. The molecule has 0 aromatic heterocycles. The summed E-state index contributed by atoms with van der Waals surface area (Å²) in [6.45, 7) is 9.65. The molecule has 0 amide bonds. The van der Waals surface area contributed by atoms with Gasteiger partial charge >= 0.3 is 0 Å². The predicted molar refractivity (Wildman–Crippen MR) is 52.3 cm³/mol. The van der Waals surface area contributed by atoms with Crippen LogP contribution in [0.5, 0.6) is 0 Å². The highest BCUT2D eigenvalue weighted by Crippen LogP contribution is 2.53. The van der Waals surface area contributed by atoms with Crippen molar-refractivity contribution in [3.05, 3.63) is 0 Å². The molecule has 0 radical (unpaired) electrons. The van der Waals surface area contributed by atoms with Gasteiger partial charge in [-0.1, -0.05) is 13.8 Å². The van der Waals surface area contributed by atoms with Crippen molar-refractivity contribution in [3.8, 4) is 0 Å². The summed E-state index contributed by atoms with van der Waals surface area (Å²) in [4.78, 5) is 0. The van der Waals surface area contributed by atoms with E-state index in [0.717, 1.165) is 0 Å². The van der Waals surface area contributed by atoms with E-state index in [2.05, 4.69) is 13.8 Å². The third kappa shape index (κ3) is 2.03. The Kier molecular flexibility index (Phi) is 3.33. The van der Waals surface area contributed by atoms with Crippen molar-refractivity contribution in [1.29, 1.82) is 0 Å². The number of hydrogen-bond acceptors (Lipinski definition) is 3. The normalized spacial score (nSPS) is 30.9. The number of hydrogen-bond donors (Lipinski definition) is 1. The molecule has 0 saturated heterocycles. The maximum Gasteiger partial charge on any atom is 0.162 e. The molecule has 3 nitrogen and oxygen atoms in total. The summed E-state index contributed by atoms with van der Waals surface area (Å²) in [7, 11) is 0. The van der Waals surface area contributed by atoms with E-state index >= 15 is 0 Å². The molecule has 1 fully saturated rings. The van der Waals surface area contributed by atoms with Crippen LogP contribution in [-0.4, -0.2) is 25.5 Å². The summed E-state index contributed by atoms with van der Waals surface area (Å²) in [6, 6.07) is 0.218. The number of nitrogens with two attached hydrogens (primary N) is 1. The van der Waals surface area contributed by atoms with Crippen molar-refractivity contribution in [2.75, 3.05) is 13.2 Å². The number of rotatable bonds is 5. The average molecular weight is 187 g/mol. The zero-order chi connectivity index (χ0) is 10.1. The first-order valence-corrected chi connectivity index (χ1v) is 5.04. The molecular weight excluding hydrogens is 166 g/mol. The Labute approximate surface area is 80.6 Å². The lowest BCUT2D eigenvalue weighted by Gasteiger charge is -2.17. The van der Waals surface area contributed by atoms with Crippen LogP contribution in [0.3, 0.4) is 0 Å². The van der Waals surface area contributed by atoms with Crippen LogP contribution in [0.25, 0.3) is 0 Å². The molecule has 0 aromatic carbocycles. The minimum absolute atomic E-state index is 0.111. The molecule has 0 bridgehead atoms. The minimum Gasteiger partial charge on any atom is -0.353 e. The fraction of sp³-hybridized carbons (Fsp3) is 1.00. The highest BCUT2D eigenvalue weighted by molar-refractivity contribution is 5.10. The molecule has 1 aliphatic carbocycles. The Morgan fingerprint density at radius 1 is 1.23 bits per heavy atom. The summed E-state index contributed by atoms with van der Waals surface area (Å²) in [5.41, 5.74) is 6.12. The van der Waals surface area contributed by atoms with E-state index in [-0.39, 0.29) is 17.7 Å². The minimum atomic E-state index is -0.111. The van der Waals surface area contributed by atoms with Gasteiger partial charge in [-0.25, -0.2) is 0 Å². The number of ether oxygens (including phenoxy) is 2. The van der Waals surface area contributed by atoms with E-state index in [1.165, 1.54) is 0 Å². The van der Waals surface area contributed by atoms with E-state index in [1.807, 2.05) is 13.8 Å². The molecule has 0 spiro atoms. The molecule has 0 heterocycles. The quantitative estimate of drug-likeness (QED) is 0.661. The maximum atomic E-state index is 5.95. The van der Waals surface area contributed by atoms with Crippen molar-refractivity contribution >= 4 is 0 Å². The fourth-order valence-electron chi connectivity index (χ4n) is 1.82. The van der Waals surface area contributed by atoms with Gasteiger partial charge in [0.25, 0.3) is 0 Å². The predicted octanol–water partition coefficient (Wildman–Crippen LogP) is 1.37. The molecule has 2 unspecified atom stereocenters. The second-order valence-electron chi connectivity index (χ2n) is 4.15. The summed E-state index contributed by atoms with van der Waals surface area (Å²) in [6.07, 6.45) is -0.111. The van der Waals surface area contributed by atoms with Crippen LogP contribution in [0.2, 0.25) is 0 Å². The second kappa shape index (κ2) is 3.95. The molecule has 0 aliphatic heterocycles. The first-order chi connectivity index (χ1) is 6.05. The van der Waals surface area contributed by atoms with E-state index in [0.29, 0.717) is 19.1 Å². The first kappa shape index (κ1) is 11.0. The van der Waals surface area contributed by atoms with E-state index < -0.39 is 0 Å². The molecule has 2 N–H and O–H groups in total. The molecule has 78 valence electrons.